The Kier molecular flexibility index (Phi) is 5.52. The molecule has 1 unspecified atom stereocenters. The molecule has 0 radical (unpaired) electrons. The van der Waals surface area contributed by atoms with E-state index in [0.29, 0.717) is 24.2 Å². The SMILES string of the molecule is Cc1c(B2OC(C)(C)C(C)(C)O2)cc(C(=O)NCC2CCCO2)c(O)c1Cl. The number of hydrogen-bond donors (Lipinski definition) is 2. The summed E-state index contributed by atoms with van der Waals surface area (Å²) in [5.74, 6) is -0.637. The van der Waals surface area contributed by atoms with Gasteiger partial charge in [0.15, 0.2) is 0 Å². The number of aromatic hydroxyl groups is 1. The van der Waals surface area contributed by atoms with Gasteiger partial charge in [-0.25, -0.2) is 0 Å². The van der Waals surface area contributed by atoms with E-state index in [0.717, 1.165) is 12.8 Å². The number of hydrogen-bond acceptors (Lipinski definition) is 5. The molecule has 2 aliphatic heterocycles. The molecule has 148 valence electrons. The molecule has 3 rings (SSSR count). The third-order valence-electron chi connectivity index (χ3n) is 5.79. The average molecular weight is 396 g/mol. The van der Waals surface area contributed by atoms with Crippen molar-refractivity contribution in [2.75, 3.05) is 13.2 Å². The van der Waals surface area contributed by atoms with Crippen LogP contribution >= 0.6 is 11.6 Å². The lowest BCUT2D eigenvalue weighted by Gasteiger charge is -2.32. The van der Waals surface area contributed by atoms with E-state index in [1.165, 1.54) is 0 Å². The summed E-state index contributed by atoms with van der Waals surface area (Å²) in [6.07, 6.45) is 1.92. The molecule has 1 amide bonds. The van der Waals surface area contributed by atoms with Crippen LogP contribution in [0.25, 0.3) is 0 Å². The summed E-state index contributed by atoms with van der Waals surface area (Å²) < 4.78 is 17.7. The molecule has 2 saturated heterocycles. The third-order valence-corrected chi connectivity index (χ3v) is 6.25. The fourth-order valence-corrected chi connectivity index (χ4v) is 3.46. The number of halogens is 1. The summed E-state index contributed by atoms with van der Waals surface area (Å²) in [6.45, 7) is 10.7. The lowest BCUT2D eigenvalue weighted by molar-refractivity contribution is 0.00578. The van der Waals surface area contributed by atoms with Crippen molar-refractivity contribution >= 4 is 30.1 Å². The number of phenolic OH excluding ortho intramolecular Hbond substituents is 1. The van der Waals surface area contributed by atoms with Crippen LogP contribution in [0.3, 0.4) is 0 Å². The highest BCUT2D eigenvalue weighted by Gasteiger charge is 2.52. The fraction of sp³-hybridized carbons (Fsp3) is 0.632. The van der Waals surface area contributed by atoms with Gasteiger partial charge in [0.2, 0.25) is 0 Å². The number of carbonyl (C=O) groups excluding carboxylic acids is 1. The third kappa shape index (κ3) is 3.83. The van der Waals surface area contributed by atoms with Gasteiger partial charge in [0.1, 0.15) is 5.75 Å². The van der Waals surface area contributed by atoms with Gasteiger partial charge < -0.3 is 24.5 Å². The maximum absolute atomic E-state index is 12.6. The highest BCUT2D eigenvalue weighted by molar-refractivity contribution is 6.63. The van der Waals surface area contributed by atoms with Crippen LogP contribution in [-0.2, 0) is 14.0 Å². The Morgan fingerprint density at radius 3 is 2.52 bits per heavy atom. The van der Waals surface area contributed by atoms with E-state index in [1.807, 2.05) is 27.7 Å². The van der Waals surface area contributed by atoms with Crippen molar-refractivity contribution in [2.45, 2.75) is 64.8 Å². The van der Waals surface area contributed by atoms with E-state index in [9.17, 15) is 9.90 Å². The molecule has 27 heavy (non-hydrogen) atoms. The Balaban J connectivity index is 1.87. The van der Waals surface area contributed by atoms with Crippen molar-refractivity contribution in [1.29, 1.82) is 0 Å². The van der Waals surface area contributed by atoms with Gasteiger partial charge in [-0.15, -0.1) is 0 Å². The second kappa shape index (κ2) is 7.28. The molecule has 0 aliphatic carbocycles. The predicted octanol–water partition coefficient (Wildman–Crippen LogP) is 2.56. The van der Waals surface area contributed by atoms with Crippen LogP contribution in [0.15, 0.2) is 6.07 Å². The van der Waals surface area contributed by atoms with Gasteiger partial charge in [0.05, 0.1) is 27.9 Å². The zero-order valence-electron chi connectivity index (χ0n) is 16.5. The zero-order valence-corrected chi connectivity index (χ0v) is 17.3. The lowest BCUT2D eigenvalue weighted by Crippen LogP contribution is -2.41. The van der Waals surface area contributed by atoms with E-state index in [4.69, 9.17) is 25.6 Å². The molecule has 2 heterocycles. The first kappa shape index (κ1) is 20.5. The maximum atomic E-state index is 12.6. The highest BCUT2D eigenvalue weighted by Crippen LogP contribution is 2.38. The lowest BCUT2D eigenvalue weighted by atomic mass is 9.75. The second-order valence-corrected chi connectivity index (χ2v) is 8.61. The van der Waals surface area contributed by atoms with Gasteiger partial charge in [-0.05, 0) is 64.6 Å². The Hall–Kier alpha value is -1.28. The Morgan fingerprint density at radius 1 is 1.33 bits per heavy atom. The van der Waals surface area contributed by atoms with Crippen molar-refractivity contribution < 1.29 is 23.9 Å². The molecule has 6 nitrogen and oxygen atoms in total. The molecule has 0 aromatic heterocycles. The summed E-state index contributed by atoms with van der Waals surface area (Å²) in [5.41, 5.74) is 0.336. The molecular formula is C19H27BClNO5. The maximum Gasteiger partial charge on any atom is 0.495 e. The van der Waals surface area contributed by atoms with Gasteiger partial charge in [-0.2, -0.15) is 0 Å². The number of ether oxygens (including phenoxy) is 1. The number of benzene rings is 1. The van der Waals surface area contributed by atoms with Gasteiger partial charge in [0.25, 0.3) is 5.91 Å². The van der Waals surface area contributed by atoms with E-state index in [2.05, 4.69) is 5.32 Å². The number of phenols is 1. The molecule has 0 bridgehead atoms. The van der Waals surface area contributed by atoms with Crippen LogP contribution in [0.1, 0.15) is 56.5 Å². The number of nitrogens with one attached hydrogen (secondary N) is 1. The topological polar surface area (TPSA) is 77.0 Å². The molecule has 1 atom stereocenters. The second-order valence-electron chi connectivity index (χ2n) is 8.23. The van der Waals surface area contributed by atoms with Crippen LogP contribution < -0.4 is 10.8 Å². The standard InChI is InChI=1S/C19H27BClNO5/c1-11-14(20-26-18(2,3)19(4,5)27-20)9-13(16(23)15(11)21)17(24)22-10-12-7-6-8-25-12/h9,12,23H,6-8,10H2,1-5H3,(H,22,24). The van der Waals surface area contributed by atoms with E-state index >= 15 is 0 Å². The predicted molar refractivity (Wildman–Crippen MR) is 105 cm³/mol. The minimum Gasteiger partial charge on any atom is -0.506 e. The number of carbonyl (C=O) groups is 1. The first-order chi connectivity index (χ1) is 12.5. The summed E-state index contributed by atoms with van der Waals surface area (Å²) >= 11 is 6.31. The molecule has 1 aromatic carbocycles. The minimum absolute atomic E-state index is 0.0135. The summed E-state index contributed by atoms with van der Waals surface area (Å²) in [7, 11) is -0.669. The molecule has 2 fully saturated rings. The van der Waals surface area contributed by atoms with E-state index in [1.54, 1.807) is 13.0 Å². The Labute approximate surface area is 165 Å². The quantitative estimate of drug-likeness (QED) is 0.766. The Morgan fingerprint density at radius 2 is 1.96 bits per heavy atom. The van der Waals surface area contributed by atoms with E-state index < -0.39 is 24.2 Å². The first-order valence-corrected chi connectivity index (χ1v) is 9.68. The van der Waals surface area contributed by atoms with Crippen molar-refractivity contribution in [3.8, 4) is 5.75 Å². The fourth-order valence-electron chi connectivity index (χ4n) is 3.25. The largest absolute Gasteiger partial charge is 0.506 e. The average Bonchev–Trinajstić information content (AvgIpc) is 3.17. The molecule has 0 saturated carbocycles. The minimum atomic E-state index is -0.669. The van der Waals surface area contributed by atoms with Gasteiger partial charge in [-0.1, -0.05) is 11.6 Å². The van der Waals surface area contributed by atoms with Crippen LogP contribution in [0.2, 0.25) is 5.02 Å². The van der Waals surface area contributed by atoms with Crippen molar-refractivity contribution in [2.24, 2.45) is 0 Å². The normalized spacial score (nSPS) is 23.6. The summed E-state index contributed by atoms with van der Waals surface area (Å²) in [5, 5.41) is 13.4. The van der Waals surface area contributed by atoms with Crippen molar-refractivity contribution in [1.82, 2.24) is 5.32 Å². The van der Waals surface area contributed by atoms with Crippen molar-refractivity contribution in [3.05, 3.63) is 22.2 Å². The zero-order chi connectivity index (χ0) is 20.0. The van der Waals surface area contributed by atoms with Crippen LogP contribution in [0.5, 0.6) is 5.75 Å². The van der Waals surface area contributed by atoms with Gasteiger partial charge in [0, 0.05) is 13.2 Å². The summed E-state index contributed by atoms with van der Waals surface area (Å²) in [6, 6.07) is 1.60. The van der Waals surface area contributed by atoms with Gasteiger partial charge in [-0.3, -0.25) is 4.79 Å². The monoisotopic (exact) mass is 395 g/mol. The molecule has 8 heteroatoms. The molecule has 2 aliphatic rings. The number of amides is 1. The summed E-state index contributed by atoms with van der Waals surface area (Å²) in [4.78, 5) is 12.6. The Bertz CT molecular complexity index is 730. The van der Waals surface area contributed by atoms with Crippen LogP contribution in [0.4, 0.5) is 0 Å². The van der Waals surface area contributed by atoms with Crippen molar-refractivity contribution in [3.63, 3.8) is 0 Å². The molecular weight excluding hydrogens is 368 g/mol. The molecule has 0 spiro atoms. The molecule has 1 aromatic rings. The highest BCUT2D eigenvalue weighted by atomic mass is 35.5. The first-order valence-electron chi connectivity index (χ1n) is 9.31. The number of rotatable bonds is 4. The molecule has 2 N–H and O–H groups in total. The van der Waals surface area contributed by atoms with Gasteiger partial charge >= 0.3 is 7.12 Å². The van der Waals surface area contributed by atoms with Crippen LogP contribution in [-0.4, -0.2) is 48.6 Å². The smallest absolute Gasteiger partial charge is 0.495 e. The van der Waals surface area contributed by atoms with Crippen LogP contribution in [0, 0.1) is 6.92 Å². The van der Waals surface area contributed by atoms with E-state index in [-0.39, 0.29) is 22.4 Å².